The van der Waals surface area contributed by atoms with Gasteiger partial charge in [-0.3, -0.25) is 0 Å². The SMILES string of the molecule is COc1ccc(CN(C(=S)Nc2ccc(C)c(C)c2)C2CCCC2)c(OC)c1. The van der Waals surface area contributed by atoms with Crippen LogP contribution in [0.2, 0.25) is 0 Å². The third-order valence-electron chi connectivity index (χ3n) is 5.62. The summed E-state index contributed by atoms with van der Waals surface area (Å²) in [5.41, 5.74) is 4.70. The van der Waals surface area contributed by atoms with Gasteiger partial charge in [-0.1, -0.05) is 18.9 Å². The maximum Gasteiger partial charge on any atom is 0.173 e. The number of hydrogen-bond donors (Lipinski definition) is 1. The first-order chi connectivity index (χ1) is 13.5. The summed E-state index contributed by atoms with van der Waals surface area (Å²) in [6.45, 7) is 4.97. The van der Waals surface area contributed by atoms with Crippen LogP contribution in [0.5, 0.6) is 11.5 Å². The maximum atomic E-state index is 5.85. The van der Waals surface area contributed by atoms with Crippen molar-refractivity contribution >= 4 is 23.0 Å². The van der Waals surface area contributed by atoms with E-state index in [2.05, 4.69) is 48.3 Å². The summed E-state index contributed by atoms with van der Waals surface area (Å²) in [6.07, 6.45) is 4.86. The Morgan fingerprint density at radius 1 is 1.04 bits per heavy atom. The quantitative estimate of drug-likeness (QED) is 0.653. The van der Waals surface area contributed by atoms with Crippen LogP contribution in [-0.4, -0.2) is 30.3 Å². The molecule has 28 heavy (non-hydrogen) atoms. The van der Waals surface area contributed by atoms with E-state index < -0.39 is 0 Å². The molecule has 0 aliphatic heterocycles. The van der Waals surface area contributed by atoms with Crippen molar-refractivity contribution in [3.05, 3.63) is 53.1 Å². The summed E-state index contributed by atoms with van der Waals surface area (Å²) in [4.78, 5) is 2.32. The molecular weight excluding hydrogens is 368 g/mol. The highest BCUT2D eigenvalue weighted by atomic mass is 32.1. The number of nitrogens with zero attached hydrogens (tertiary/aromatic N) is 1. The standard InChI is InChI=1S/C23H30N2O2S/c1-16-9-11-19(13-17(16)2)24-23(28)25(20-7-5-6-8-20)15-18-10-12-21(26-3)14-22(18)27-4/h9-14,20H,5-8,15H2,1-4H3,(H,24,28). The lowest BCUT2D eigenvalue weighted by Crippen LogP contribution is -2.41. The van der Waals surface area contributed by atoms with Crippen molar-refractivity contribution in [3.8, 4) is 11.5 Å². The average molecular weight is 399 g/mol. The molecule has 0 atom stereocenters. The van der Waals surface area contributed by atoms with Crippen LogP contribution < -0.4 is 14.8 Å². The number of rotatable bonds is 6. The first kappa shape index (κ1) is 20.5. The van der Waals surface area contributed by atoms with Crippen LogP contribution in [0.4, 0.5) is 5.69 Å². The summed E-state index contributed by atoms with van der Waals surface area (Å²) >= 11 is 5.85. The second-order valence-electron chi connectivity index (χ2n) is 7.47. The lowest BCUT2D eigenvalue weighted by molar-refractivity contribution is 0.304. The molecule has 1 saturated carbocycles. The van der Waals surface area contributed by atoms with Gasteiger partial charge in [0.1, 0.15) is 11.5 Å². The van der Waals surface area contributed by atoms with E-state index >= 15 is 0 Å². The number of ether oxygens (including phenoxy) is 2. The molecule has 2 aromatic carbocycles. The van der Waals surface area contributed by atoms with Gasteiger partial charge in [0.25, 0.3) is 0 Å². The van der Waals surface area contributed by atoms with Gasteiger partial charge in [0.15, 0.2) is 5.11 Å². The zero-order valence-corrected chi connectivity index (χ0v) is 18.1. The number of benzene rings is 2. The monoisotopic (exact) mass is 398 g/mol. The Morgan fingerprint density at radius 3 is 2.43 bits per heavy atom. The Kier molecular flexibility index (Phi) is 6.79. The third kappa shape index (κ3) is 4.76. The molecule has 0 saturated heterocycles. The molecule has 1 aliphatic carbocycles. The minimum absolute atomic E-state index is 0.457. The van der Waals surface area contributed by atoms with E-state index in [0.717, 1.165) is 27.9 Å². The fraction of sp³-hybridized carbons (Fsp3) is 0.435. The van der Waals surface area contributed by atoms with Gasteiger partial charge in [0, 0.05) is 29.9 Å². The van der Waals surface area contributed by atoms with Gasteiger partial charge < -0.3 is 19.7 Å². The Balaban J connectivity index is 1.82. The van der Waals surface area contributed by atoms with E-state index in [0.29, 0.717) is 12.6 Å². The predicted octanol–water partition coefficient (Wildman–Crippen LogP) is 5.46. The number of methoxy groups -OCH3 is 2. The summed E-state index contributed by atoms with van der Waals surface area (Å²) in [7, 11) is 3.37. The smallest absolute Gasteiger partial charge is 0.173 e. The van der Waals surface area contributed by atoms with E-state index in [1.807, 2.05) is 12.1 Å². The van der Waals surface area contributed by atoms with Gasteiger partial charge in [0.05, 0.1) is 14.2 Å². The molecule has 0 aromatic heterocycles. The van der Waals surface area contributed by atoms with Gasteiger partial charge in [0.2, 0.25) is 0 Å². The molecule has 5 heteroatoms. The molecule has 0 radical (unpaired) electrons. The minimum Gasteiger partial charge on any atom is -0.497 e. The van der Waals surface area contributed by atoms with Crippen molar-refractivity contribution in [1.29, 1.82) is 0 Å². The fourth-order valence-corrected chi connectivity index (χ4v) is 4.09. The molecule has 1 N–H and O–H groups in total. The van der Waals surface area contributed by atoms with Crippen molar-refractivity contribution in [1.82, 2.24) is 4.90 Å². The Morgan fingerprint density at radius 2 is 1.79 bits per heavy atom. The highest BCUT2D eigenvalue weighted by molar-refractivity contribution is 7.80. The number of hydrogen-bond acceptors (Lipinski definition) is 3. The van der Waals surface area contributed by atoms with Crippen molar-refractivity contribution in [2.75, 3.05) is 19.5 Å². The third-order valence-corrected chi connectivity index (χ3v) is 5.96. The number of aryl methyl sites for hydroxylation is 2. The first-order valence-electron chi connectivity index (χ1n) is 9.87. The van der Waals surface area contributed by atoms with Crippen molar-refractivity contribution in [2.45, 2.75) is 52.1 Å². The molecule has 0 spiro atoms. The van der Waals surface area contributed by atoms with Crippen molar-refractivity contribution < 1.29 is 9.47 Å². The topological polar surface area (TPSA) is 33.7 Å². The Hall–Kier alpha value is -2.27. The summed E-state index contributed by atoms with van der Waals surface area (Å²) in [5.74, 6) is 1.63. The van der Waals surface area contributed by atoms with Crippen LogP contribution in [0.25, 0.3) is 0 Å². The summed E-state index contributed by atoms with van der Waals surface area (Å²) < 4.78 is 10.9. The lowest BCUT2D eigenvalue weighted by atomic mass is 10.1. The Bertz CT molecular complexity index is 831. The molecule has 3 rings (SSSR count). The molecule has 150 valence electrons. The van der Waals surface area contributed by atoms with Crippen LogP contribution in [0.3, 0.4) is 0 Å². The molecular formula is C23H30N2O2S. The van der Waals surface area contributed by atoms with E-state index in [-0.39, 0.29) is 0 Å². The molecule has 1 aliphatic rings. The van der Waals surface area contributed by atoms with Gasteiger partial charge in [-0.15, -0.1) is 0 Å². The molecule has 0 heterocycles. The molecule has 4 nitrogen and oxygen atoms in total. The van der Waals surface area contributed by atoms with E-state index in [4.69, 9.17) is 21.7 Å². The zero-order chi connectivity index (χ0) is 20.1. The van der Waals surface area contributed by atoms with Crippen LogP contribution in [0, 0.1) is 13.8 Å². The summed E-state index contributed by atoms with van der Waals surface area (Å²) in [5, 5.41) is 4.23. The maximum absolute atomic E-state index is 5.85. The van der Waals surface area contributed by atoms with Gasteiger partial charge in [-0.25, -0.2) is 0 Å². The first-order valence-corrected chi connectivity index (χ1v) is 10.3. The predicted molar refractivity (Wildman–Crippen MR) is 119 cm³/mol. The van der Waals surface area contributed by atoms with Crippen molar-refractivity contribution in [3.63, 3.8) is 0 Å². The second kappa shape index (κ2) is 9.28. The van der Waals surface area contributed by atoms with E-state index in [1.165, 1.54) is 36.8 Å². The van der Waals surface area contributed by atoms with Gasteiger partial charge >= 0.3 is 0 Å². The molecule has 1 fully saturated rings. The average Bonchev–Trinajstić information content (AvgIpc) is 3.23. The fourth-order valence-electron chi connectivity index (χ4n) is 3.76. The number of anilines is 1. The number of thiocarbonyl (C=S) groups is 1. The van der Waals surface area contributed by atoms with Gasteiger partial charge in [-0.05, 0) is 74.3 Å². The summed E-state index contributed by atoms with van der Waals surface area (Å²) in [6, 6.07) is 12.8. The van der Waals surface area contributed by atoms with Crippen LogP contribution in [-0.2, 0) is 6.54 Å². The lowest BCUT2D eigenvalue weighted by Gasteiger charge is -2.32. The normalized spacial score (nSPS) is 14.0. The number of nitrogens with one attached hydrogen (secondary N) is 1. The minimum atomic E-state index is 0.457. The Labute approximate surface area is 173 Å². The second-order valence-corrected chi connectivity index (χ2v) is 7.86. The van der Waals surface area contributed by atoms with Crippen LogP contribution in [0.15, 0.2) is 36.4 Å². The van der Waals surface area contributed by atoms with Gasteiger partial charge in [-0.2, -0.15) is 0 Å². The van der Waals surface area contributed by atoms with Crippen molar-refractivity contribution in [2.24, 2.45) is 0 Å². The zero-order valence-electron chi connectivity index (χ0n) is 17.2. The van der Waals surface area contributed by atoms with E-state index in [1.54, 1.807) is 14.2 Å². The largest absolute Gasteiger partial charge is 0.497 e. The van der Waals surface area contributed by atoms with Crippen LogP contribution in [0.1, 0.15) is 42.4 Å². The molecule has 0 unspecified atom stereocenters. The highest BCUT2D eigenvalue weighted by Crippen LogP contribution is 2.30. The molecule has 0 bridgehead atoms. The molecule has 0 amide bonds. The van der Waals surface area contributed by atoms with Crippen LogP contribution >= 0.6 is 12.2 Å². The van der Waals surface area contributed by atoms with E-state index in [9.17, 15) is 0 Å². The molecule has 2 aromatic rings. The highest BCUT2D eigenvalue weighted by Gasteiger charge is 2.26.